The molecule has 7 heteroatoms. The number of aldehydes is 1. The third kappa shape index (κ3) is 4.84. The van der Waals surface area contributed by atoms with E-state index in [2.05, 4.69) is 10.1 Å². The molecule has 0 aliphatic rings. The van der Waals surface area contributed by atoms with Gasteiger partial charge in [0.05, 0.1) is 0 Å². The van der Waals surface area contributed by atoms with Crippen LogP contribution in [0.15, 0.2) is 48.5 Å². The molecule has 0 unspecified atom stereocenters. The molecular weight excluding hydrogens is 311 g/mol. The molecule has 0 atom stereocenters. The third-order valence-electron chi connectivity index (χ3n) is 2.95. The van der Waals surface area contributed by atoms with E-state index < -0.39 is 12.3 Å². The Balaban J connectivity index is 2.05. The fraction of sp³-hybridized carbons (Fsp3) is 0.125. The lowest BCUT2D eigenvalue weighted by molar-refractivity contribution is -0.274. The zero-order valence-corrected chi connectivity index (χ0v) is 11.8. The average molecular weight is 323 g/mol. The number of rotatable bonds is 5. The molecule has 2 aromatic rings. The smallest absolute Gasteiger partial charge is 0.405 e. The van der Waals surface area contributed by atoms with Crippen LogP contribution in [-0.2, 0) is 6.54 Å². The summed E-state index contributed by atoms with van der Waals surface area (Å²) in [6.45, 7) is -0.124. The Bertz CT molecular complexity index is 696. The first kappa shape index (κ1) is 16.5. The molecule has 0 aromatic heterocycles. The van der Waals surface area contributed by atoms with Gasteiger partial charge in [-0.3, -0.25) is 9.59 Å². The molecule has 2 rings (SSSR count). The maximum absolute atomic E-state index is 12.3. The number of nitrogens with one attached hydrogen (secondary N) is 1. The monoisotopic (exact) mass is 323 g/mol. The SMILES string of the molecule is O=Cc1ccc(C(=O)NCc2ccccc2OC(F)(F)F)cc1. The van der Waals surface area contributed by atoms with Crippen LogP contribution in [0.1, 0.15) is 26.3 Å². The second kappa shape index (κ2) is 6.95. The number of ether oxygens (including phenoxy) is 1. The zero-order valence-electron chi connectivity index (χ0n) is 11.8. The predicted octanol–water partition coefficient (Wildman–Crippen LogP) is 3.33. The number of benzene rings is 2. The molecule has 0 saturated carbocycles. The molecule has 0 fully saturated rings. The number of alkyl halides is 3. The highest BCUT2D eigenvalue weighted by atomic mass is 19.4. The van der Waals surface area contributed by atoms with Gasteiger partial charge in [0.15, 0.2) is 0 Å². The van der Waals surface area contributed by atoms with Gasteiger partial charge in [-0.05, 0) is 18.2 Å². The summed E-state index contributed by atoms with van der Waals surface area (Å²) in [5.74, 6) is -0.833. The van der Waals surface area contributed by atoms with Crippen molar-refractivity contribution < 1.29 is 27.5 Å². The summed E-state index contributed by atoms with van der Waals surface area (Å²) in [7, 11) is 0. The Morgan fingerprint density at radius 3 is 2.35 bits per heavy atom. The van der Waals surface area contributed by atoms with Crippen LogP contribution < -0.4 is 10.1 Å². The van der Waals surface area contributed by atoms with Crippen molar-refractivity contribution in [3.05, 3.63) is 65.2 Å². The summed E-state index contributed by atoms with van der Waals surface area (Å²) < 4.78 is 40.9. The topological polar surface area (TPSA) is 55.4 Å². The van der Waals surface area contributed by atoms with Crippen LogP contribution in [0.4, 0.5) is 13.2 Å². The Morgan fingerprint density at radius 1 is 1.09 bits per heavy atom. The molecule has 0 aliphatic heterocycles. The van der Waals surface area contributed by atoms with Crippen molar-refractivity contribution in [3.63, 3.8) is 0 Å². The van der Waals surface area contributed by atoms with E-state index in [-0.39, 0.29) is 17.9 Å². The highest BCUT2D eigenvalue weighted by Gasteiger charge is 2.31. The Hall–Kier alpha value is -2.83. The summed E-state index contributed by atoms with van der Waals surface area (Å²) in [6.07, 6.45) is -4.16. The fourth-order valence-corrected chi connectivity index (χ4v) is 1.86. The molecule has 0 radical (unpaired) electrons. The normalized spacial score (nSPS) is 10.9. The second-order valence-corrected chi connectivity index (χ2v) is 4.58. The third-order valence-corrected chi connectivity index (χ3v) is 2.95. The van der Waals surface area contributed by atoms with E-state index in [4.69, 9.17) is 0 Å². The van der Waals surface area contributed by atoms with Gasteiger partial charge >= 0.3 is 6.36 Å². The van der Waals surface area contributed by atoms with Crippen molar-refractivity contribution in [2.75, 3.05) is 0 Å². The van der Waals surface area contributed by atoms with E-state index in [1.54, 1.807) is 6.07 Å². The maximum atomic E-state index is 12.3. The molecule has 1 N–H and O–H groups in total. The molecule has 0 aliphatic carbocycles. The van der Waals surface area contributed by atoms with Crippen molar-refractivity contribution in [3.8, 4) is 5.75 Å². The minimum atomic E-state index is -4.80. The van der Waals surface area contributed by atoms with Crippen LogP contribution in [0.2, 0.25) is 0 Å². The quantitative estimate of drug-likeness (QED) is 0.859. The highest BCUT2D eigenvalue weighted by Crippen LogP contribution is 2.26. The first-order valence-electron chi connectivity index (χ1n) is 6.56. The standard InChI is InChI=1S/C16H12F3NO3/c17-16(18,19)23-14-4-2-1-3-13(14)9-20-15(22)12-7-5-11(10-21)6-8-12/h1-8,10H,9H2,(H,20,22). The first-order chi connectivity index (χ1) is 10.9. The molecule has 120 valence electrons. The summed E-state index contributed by atoms with van der Waals surface area (Å²) in [5, 5.41) is 2.50. The number of hydrogen-bond acceptors (Lipinski definition) is 3. The summed E-state index contributed by atoms with van der Waals surface area (Å²) in [6, 6.07) is 11.4. The van der Waals surface area contributed by atoms with Gasteiger partial charge in [0, 0.05) is 23.2 Å². The van der Waals surface area contributed by atoms with E-state index in [1.807, 2.05) is 0 Å². The summed E-state index contributed by atoms with van der Waals surface area (Å²) in [5.41, 5.74) is 0.915. The summed E-state index contributed by atoms with van der Waals surface area (Å²) in [4.78, 5) is 22.5. The minimum absolute atomic E-state index is 0.124. The predicted molar refractivity (Wildman–Crippen MR) is 76.1 cm³/mol. The Morgan fingerprint density at radius 2 is 1.74 bits per heavy atom. The number of carbonyl (C=O) groups is 2. The van der Waals surface area contributed by atoms with Crippen molar-refractivity contribution in [1.82, 2.24) is 5.32 Å². The van der Waals surface area contributed by atoms with Gasteiger partial charge in [0.1, 0.15) is 12.0 Å². The van der Waals surface area contributed by atoms with Gasteiger partial charge in [-0.1, -0.05) is 30.3 Å². The van der Waals surface area contributed by atoms with Crippen LogP contribution in [0, 0.1) is 0 Å². The Kier molecular flexibility index (Phi) is 5.00. The molecule has 0 saturated heterocycles. The van der Waals surface area contributed by atoms with Gasteiger partial charge in [0.2, 0.25) is 0 Å². The molecule has 4 nitrogen and oxygen atoms in total. The second-order valence-electron chi connectivity index (χ2n) is 4.58. The molecule has 23 heavy (non-hydrogen) atoms. The van der Waals surface area contributed by atoms with Crippen molar-refractivity contribution in [2.24, 2.45) is 0 Å². The Labute approximate surface area is 129 Å². The number of hydrogen-bond donors (Lipinski definition) is 1. The van der Waals surface area contributed by atoms with Gasteiger partial charge in [0.25, 0.3) is 5.91 Å². The average Bonchev–Trinajstić information content (AvgIpc) is 2.52. The molecule has 1 amide bonds. The van der Waals surface area contributed by atoms with Crippen LogP contribution in [0.3, 0.4) is 0 Å². The lowest BCUT2D eigenvalue weighted by Crippen LogP contribution is -2.24. The van der Waals surface area contributed by atoms with Crippen molar-refractivity contribution in [1.29, 1.82) is 0 Å². The van der Waals surface area contributed by atoms with E-state index in [0.29, 0.717) is 17.4 Å². The molecular formula is C16H12F3NO3. The molecule has 2 aromatic carbocycles. The number of para-hydroxylation sites is 1. The van der Waals surface area contributed by atoms with E-state index in [9.17, 15) is 22.8 Å². The first-order valence-corrected chi connectivity index (χ1v) is 6.56. The fourth-order valence-electron chi connectivity index (χ4n) is 1.86. The summed E-state index contributed by atoms with van der Waals surface area (Å²) >= 11 is 0. The molecule has 0 spiro atoms. The maximum Gasteiger partial charge on any atom is 0.573 e. The van der Waals surface area contributed by atoms with E-state index in [1.165, 1.54) is 42.5 Å². The number of amides is 1. The molecule has 0 bridgehead atoms. The highest BCUT2D eigenvalue weighted by molar-refractivity contribution is 5.94. The lowest BCUT2D eigenvalue weighted by atomic mass is 10.1. The van der Waals surface area contributed by atoms with Gasteiger partial charge in [-0.15, -0.1) is 13.2 Å². The number of carbonyl (C=O) groups excluding carboxylic acids is 2. The minimum Gasteiger partial charge on any atom is -0.405 e. The molecule has 0 heterocycles. The van der Waals surface area contributed by atoms with E-state index in [0.717, 1.165) is 0 Å². The van der Waals surface area contributed by atoms with Crippen LogP contribution in [0.25, 0.3) is 0 Å². The van der Waals surface area contributed by atoms with Crippen LogP contribution in [-0.4, -0.2) is 18.6 Å². The largest absolute Gasteiger partial charge is 0.573 e. The van der Waals surface area contributed by atoms with Gasteiger partial charge in [-0.25, -0.2) is 0 Å². The van der Waals surface area contributed by atoms with Crippen LogP contribution in [0.5, 0.6) is 5.75 Å². The lowest BCUT2D eigenvalue weighted by Gasteiger charge is -2.13. The van der Waals surface area contributed by atoms with E-state index >= 15 is 0 Å². The van der Waals surface area contributed by atoms with Crippen molar-refractivity contribution >= 4 is 12.2 Å². The zero-order chi connectivity index (χ0) is 16.9. The van der Waals surface area contributed by atoms with Crippen molar-refractivity contribution in [2.45, 2.75) is 12.9 Å². The van der Waals surface area contributed by atoms with Gasteiger partial charge in [-0.2, -0.15) is 0 Å². The number of halogens is 3. The van der Waals surface area contributed by atoms with Crippen LogP contribution >= 0.6 is 0 Å². The van der Waals surface area contributed by atoms with Gasteiger partial charge < -0.3 is 10.1 Å².